The molecule has 2 aliphatic carbocycles. The van der Waals surface area contributed by atoms with Crippen LogP contribution < -0.4 is 5.32 Å². The largest absolute Gasteiger partial charge is 0.347 e. The second-order valence-electron chi connectivity index (χ2n) is 6.11. The molecule has 1 aliphatic heterocycles. The summed E-state index contributed by atoms with van der Waals surface area (Å²) in [5.41, 5.74) is 1.37. The number of hydrogen-bond donors (Lipinski definition) is 1. The van der Waals surface area contributed by atoms with E-state index in [1.807, 2.05) is 0 Å². The maximum atomic E-state index is 5.90. The van der Waals surface area contributed by atoms with Crippen molar-refractivity contribution in [3.63, 3.8) is 0 Å². The van der Waals surface area contributed by atoms with Crippen LogP contribution in [-0.4, -0.2) is 25.0 Å². The zero-order valence-corrected chi connectivity index (χ0v) is 11.2. The molecule has 102 valence electrons. The Hall–Kier alpha value is -0.900. The minimum atomic E-state index is -0.199. The Morgan fingerprint density at radius 3 is 2.58 bits per heavy atom. The third-order valence-corrected chi connectivity index (χ3v) is 5.05. The molecule has 1 saturated heterocycles. The van der Waals surface area contributed by atoms with Gasteiger partial charge in [-0.25, -0.2) is 0 Å². The van der Waals surface area contributed by atoms with E-state index in [1.54, 1.807) is 0 Å². The van der Waals surface area contributed by atoms with E-state index in [4.69, 9.17) is 9.47 Å². The van der Waals surface area contributed by atoms with Crippen LogP contribution >= 0.6 is 0 Å². The first-order valence-electron chi connectivity index (χ1n) is 7.41. The van der Waals surface area contributed by atoms with Gasteiger partial charge < -0.3 is 14.8 Å². The highest BCUT2D eigenvalue weighted by molar-refractivity contribution is 5.15. The predicted octanol–water partition coefficient (Wildman–Crippen LogP) is 2.32. The van der Waals surface area contributed by atoms with Crippen molar-refractivity contribution < 1.29 is 9.47 Å². The minimum absolute atomic E-state index is 0.199. The Bertz CT molecular complexity index is 441. The lowest BCUT2D eigenvalue weighted by Crippen LogP contribution is -2.44. The second-order valence-corrected chi connectivity index (χ2v) is 6.11. The highest BCUT2D eigenvalue weighted by Crippen LogP contribution is 2.54. The van der Waals surface area contributed by atoms with Crippen LogP contribution in [-0.2, 0) is 16.0 Å². The third-order valence-electron chi connectivity index (χ3n) is 5.05. The summed E-state index contributed by atoms with van der Waals surface area (Å²) >= 11 is 0. The lowest BCUT2D eigenvalue weighted by molar-refractivity contribution is -0.192. The molecule has 1 aromatic rings. The Balaban J connectivity index is 1.36. The summed E-state index contributed by atoms with van der Waals surface area (Å²) in [7, 11) is 0. The van der Waals surface area contributed by atoms with Crippen LogP contribution in [0.4, 0.5) is 0 Å². The molecule has 4 rings (SSSR count). The van der Waals surface area contributed by atoms with E-state index in [-0.39, 0.29) is 5.79 Å². The van der Waals surface area contributed by atoms with E-state index in [2.05, 4.69) is 35.6 Å². The summed E-state index contributed by atoms with van der Waals surface area (Å²) in [5, 5.41) is 3.72. The van der Waals surface area contributed by atoms with Gasteiger partial charge in [-0.15, -0.1) is 0 Å². The quantitative estimate of drug-likeness (QED) is 0.903. The first kappa shape index (κ1) is 11.9. The maximum absolute atomic E-state index is 5.90. The molecule has 1 N–H and O–H groups in total. The van der Waals surface area contributed by atoms with E-state index in [1.165, 1.54) is 18.4 Å². The zero-order chi connectivity index (χ0) is 12.7. The Morgan fingerprint density at radius 1 is 1.11 bits per heavy atom. The summed E-state index contributed by atoms with van der Waals surface area (Å²) in [6.07, 6.45) is 3.56. The zero-order valence-electron chi connectivity index (χ0n) is 11.2. The van der Waals surface area contributed by atoms with Crippen LogP contribution in [0.2, 0.25) is 0 Å². The highest BCUT2D eigenvalue weighted by Gasteiger charge is 2.58. The van der Waals surface area contributed by atoms with Crippen LogP contribution in [0.15, 0.2) is 30.3 Å². The summed E-state index contributed by atoms with van der Waals surface area (Å²) in [5.74, 6) is 1.13. The molecule has 3 unspecified atom stereocenters. The van der Waals surface area contributed by atoms with E-state index in [0.717, 1.165) is 32.1 Å². The SMILES string of the molecule is c1ccc(CNC2CC3CC2CC32OCCO2)cc1. The summed E-state index contributed by atoms with van der Waals surface area (Å²) in [6.45, 7) is 2.54. The molecule has 0 radical (unpaired) electrons. The molecule has 1 spiro atoms. The Labute approximate surface area is 114 Å². The Morgan fingerprint density at radius 2 is 1.89 bits per heavy atom. The van der Waals surface area contributed by atoms with Crippen molar-refractivity contribution in [3.05, 3.63) is 35.9 Å². The van der Waals surface area contributed by atoms with Gasteiger partial charge in [0.15, 0.2) is 5.79 Å². The summed E-state index contributed by atoms with van der Waals surface area (Å²) in [6, 6.07) is 11.3. The molecular formula is C16H21NO2. The van der Waals surface area contributed by atoms with Gasteiger partial charge in [0, 0.05) is 24.9 Å². The fourth-order valence-corrected chi connectivity index (χ4v) is 4.16. The Kier molecular flexibility index (Phi) is 2.87. The smallest absolute Gasteiger partial charge is 0.171 e. The van der Waals surface area contributed by atoms with Gasteiger partial charge in [-0.1, -0.05) is 30.3 Å². The van der Waals surface area contributed by atoms with Crippen molar-refractivity contribution in [1.29, 1.82) is 0 Å². The van der Waals surface area contributed by atoms with Gasteiger partial charge >= 0.3 is 0 Å². The highest BCUT2D eigenvalue weighted by atomic mass is 16.7. The van der Waals surface area contributed by atoms with Crippen molar-refractivity contribution in [2.24, 2.45) is 11.8 Å². The predicted molar refractivity (Wildman–Crippen MR) is 72.5 cm³/mol. The van der Waals surface area contributed by atoms with Crippen LogP contribution in [0.25, 0.3) is 0 Å². The first-order chi connectivity index (χ1) is 9.36. The third kappa shape index (κ3) is 2.00. The molecule has 1 heterocycles. The molecule has 2 saturated carbocycles. The van der Waals surface area contributed by atoms with Gasteiger partial charge in [0.05, 0.1) is 13.2 Å². The normalized spacial score (nSPS) is 35.3. The maximum Gasteiger partial charge on any atom is 0.171 e. The van der Waals surface area contributed by atoms with Crippen LogP contribution in [0.1, 0.15) is 24.8 Å². The molecule has 2 bridgehead atoms. The molecule has 3 atom stereocenters. The molecule has 3 nitrogen and oxygen atoms in total. The van der Waals surface area contributed by atoms with Crippen molar-refractivity contribution in [3.8, 4) is 0 Å². The number of benzene rings is 1. The second kappa shape index (κ2) is 4.58. The van der Waals surface area contributed by atoms with Gasteiger partial charge in [-0.2, -0.15) is 0 Å². The van der Waals surface area contributed by atoms with Crippen molar-refractivity contribution in [2.45, 2.75) is 37.6 Å². The van der Waals surface area contributed by atoms with Crippen molar-refractivity contribution in [1.82, 2.24) is 5.32 Å². The molecule has 1 aromatic carbocycles. The summed E-state index contributed by atoms with van der Waals surface area (Å²) < 4.78 is 11.8. The first-order valence-corrected chi connectivity index (χ1v) is 7.41. The number of fused-ring (bicyclic) bond motifs is 3. The van der Waals surface area contributed by atoms with Gasteiger partial charge in [0.1, 0.15) is 0 Å². The lowest BCUT2D eigenvalue weighted by Gasteiger charge is -2.35. The topological polar surface area (TPSA) is 30.5 Å². The standard InChI is InChI=1S/C16H21NO2/c1-2-4-12(5-3-1)11-17-15-9-14-8-13(15)10-16(14)18-6-7-19-16/h1-5,13-15,17H,6-11H2. The van der Waals surface area contributed by atoms with Gasteiger partial charge in [-0.05, 0) is 24.3 Å². The molecular weight excluding hydrogens is 238 g/mol. The molecule has 3 fully saturated rings. The molecule has 0 amide bonds. The fourth-order valence-electron chi connectivity index (χ4n) is 4.16. The average Bonchev–Trinajstić information content (AvgIpc) is 3.14. The van der Waals surface area contributed by atoms with E-state index in [0.29, 0.717) is 12.0 Å². The number of hydrogen-bond acceptors (Lipinski definition) is 3. The van der Waals surface area contributed by atoms with E-state index < -0.39 is 0 Å². The van der Waals surface area contributed by atoms with Crippen LogP contribution in [0, 0.1) is 11.8 Å². The van der Waals surface area contributed by atoms with Crippen LogP contribution in [0.5, 0.6) is 0 Å². The molecule has 0 aromatic heterocycles. The van der Waals surface area contributed by atoms with Gasteiger partial charge in [0.25, 0.3) is 0 Å². The lowest BCUT2D eigenvalue weighted by atomic mass is 9.90. The van der Waals surface area contributed by atoms with E-state index >= 15 is 0 Å². The van der Waals surface area contributed by atoms with Gasteiger partial charge in [-0.3, -0.25) is 0 Å². The fraction of sp³-hybridized carbons (Fsp3) is 0.625. The summed E-state index contributed by atoms with van der Waals surface area (Å²) in [4.78, 5) is 0. The molecule has 19 heavy (non-hydrogen) atoms. The molecule has 3 aliphatic rings. The van der Waals surface area contributed by atoms with Crippen molar-refractivity contribution in [2.75, 3.05) is 13.2 Å². The number of nitrogens with one attached hydrogen (secondary N) is 1. The van der Waals surface area contributed by atoms with Crippen molar-refractivity contribution >= 4 is 0 Å². The minimum Gasteiger partial charge on any atom is -0.347 e. The van der Waals surface area contributed by atoms with Gasteiger partial charge in [0.2, 0.25) is 0 Å². The van der Waals surface area contributed by atoms with Crippen LogP contribution in [0.3, 0.4) is 0 Å². The average molecular weight is 259 g/mol. The monoisotopic (exact) mass is 259 g/mol. The molecule has 3 heteroatoms. The van der Waals surface area contributed by atoms with E-state index in [9.17, 15) is 0 Å². The number of rotatable bonds is 3. The number of ether oxygens (including phenoxy) is 2.